The van der Waals surface area contributed by atoms with E-state index in [2.05, 4.69) is 56.0 Å². The van der Waals surface area contributed by atoms with E-state index in [9.17, 15) is 9.18 Å². The van der Waals surface area contributed by atoms with Crippen molar-refractivity contribution >= 4 is 23.2 Å². The Balaban J connectivity index is 1.11. The standard InChI is InChI=1S/C34H40ClFN4O/c35-30-10-4-3-9-28(30)23-37-17-16-32(38-19-21-39(22-20-38)33-12-6-5-11-31(33)36)29(24-37)13-14-34(41)40-18-15-26-7-1-2-8-27(26)25-40/h1-12,29,32H,13-25H2/t29-,32+/m0/s1. The van der Waals surface area contributed by atoms with E-state index in [-0.39, 0.29) is 11.7 Å². The van der Waals surface area contributed by atoms with Gasteiger partial charge in [0.2, 0.25) is 5.91 Å². The van der Waals surface area contributed by atoms with Gasteiger partial charge in [-0.1, -0.05) is 66.2 Å². The number of fused-ring (bicyclic) bond motifs is 1. The summed E-state index contributed by atoms with van der Waals surface area (Å²) in [4.78, 5) is 22.8. The van der Waals surface area contributed by atoms with E-state index < -0.39 is 0 Å². The van der Waals surface area contributed by atoms with Crippen molar-refractivity contribution in [2.75, 3.05) is 50.7 Å². The van der Waals surface area contributed by atoms with Crippen molar-refractivity contribution in [2.45, 2.75) is 44.8 Å². The van der Waals surface area contributed by atoms with Gasteiger partial charge < -0.3 is 9.80 Å². The SMILES string of the molecule is O=C(CC[C@H]1CN(Cc2ccccc2Cl)CC[C@H]1N1CCN(c2ccccc2F)CC1)N1CCc2ccccc2C1. The maximum Gasteiger partial charge on any atom is 0.222 e. The molecule has 2 atom stereocenters. The van der Waals surface area contributed by atoms with Crippen LogP contribution < -0.4 is 4.90 Å². The average Bonchev–Trinajstić information content (AvgIpc) is 3.01. The Hall–Kier alpha value is -2.93. The van der Waals surface area contributed by atoms with Crippen molar-refractivity contribution in [3.05, 3.63) is 100 Å². The first-order chi connectivity index (χ1) is 20.0. The molecule has 2 saturated heterocycles. The normalized spacial score (nSPS) is 22.0. The highest BCUT2D eigenvalue weighted by Crippen LogP contribution is 2.31. The fourth-order valence-corrected chi connectivity index (χ4v) is 7.24. The van der Waals surface area contributed by atoms with Crippen LogP contribution in [0.4, 0.5) is 10.1 Å². The van der Waals surface area contributed by atoms with Crippen molar-refractivity contribution in [1.29, 1.82) is 0 Å². The van der Waals surface area contributed by atoms with E-state index in [4.69, 9.17) is 11.6 Å². The van der Waals surface area contributed by atoms with Gasteiger partial charge in [0.15, 0.2) is 0 Å². The Bertz CT molecular complexity index is 1340. The highest BCUT2D eigenvalue weighted by Gasteiger charge is 2.35. The van der Waals surface area contributed by atoms with Crippen LogP contribution in [0.25, 0.3) is 0 Å². The average molecular weight is 575 g/mol. The number of nitrogens with zero attached hydrogens (tertiary/aromatic N) is 4. The molecular weight excluding hydrogens is 535 g/mol. The fraction of sp³-hybridized carbons (Fsp3) is 0.441. The van der Waals surface area contributed by atoms with Crippen LogP contribution in [0.2, 0.25) is 5.02 Å². The zero-order chi connectivity index (χ0) is 28.2. The van der Waals surface area contributed by atoms with Crippen LogP contribution in [-0.2, 0) is 24.3 Å². The molecule has 0 unspecified atom stereocenters. The molecule has 5 nitrogen and oxygen atoms in total. The summed E-state index contributed by atoms with van der Waals surface area (Å²) in [6.07, 6.45) is 3.47. The molecule has 3 aromatic carbocycles. The molecule has 41 heavy (non-hydrogen) atoms. The number of carbonyl (C=O) groups excluding carboxylic acids is 1. The summed E-state index contributed by atoms with van der Waals surface area (Å²) in [5.74, 6) is 0.517. The Morgan fingerprint density at radius 3 is 2.39 bits per heavy atom. The van der Waals surface area contributed by atoms with Gasteiger partial charge in [-0.25, -0.2) is 4.39 Å². The van der Waals surface area contributed by atoms with Crippen LogP contribution in [-0.4, -0.2) is 72.5 Å². The lowest BCUT2D eigenvalue weighted by Gasteiger charge is -2.47. The number of benzene rings is 3. The quantitative estimate of drug-likeness (QED) is 0.354. The molecule has 7 heteroatoms. The van der Waals surface area contributed by atoms with Gasteiger partial charge in [0.25, 0.3) is 0 Å². The van der Waals surface area contributed by atoms with E-state index in [0.717, 1.165) is 88.8 Å². The molecule has 3 aliphatic heterocycles. The first kappa shape index (κ1) is 28.2. The molecule has 0 bridgehead atoms. The molecular formula is C34H40ClFN4O. The number of hydrogen-bond donors (Lipinski definition) is 0. The number of para-hydroxylation sites is 1. The molecule has 0 spiro atoms. The van der Waals surface area contributed by atoms with Crippen LogP contribution in [0.5, 0.6) is 0 Å². The molecule has 3 aromatic rings. The molecule has 3 heterocycles. The molecule has 3 aliphatic rings. The van der Waals surface area contributed by atoms with Gasteiger partial charge >= 0.3 is 0 Å². The summed E-state index contributed by atoms with van der Waals surface area (Å²) in [5, 5.41) is 0.816. The Kier molecular flexibility index (Phi) is 8.90. The number of piperazine rings is 1. The molecule has 0 aliphatic carbocycles. The lowest BCUT2D eigenvalue weighted by Crippen LogP contribution is -2.57. The zero-order valence-electron chi connectivity index (χ0n) is 23.7. The van der Waals surface area contributed by atoms with Crippen molar-refractivity contribution < 1.29 is 9.18 Å². The largest absolute Gasteiger partial charge is 0.367 e. The van der Waals surface area contributed by atoms with Crippen LogP contribution in [0, 0.1) is 11.7 Å². The minimum atomic E-state index is -0.148. The van der Waals surface area contributed by atoms with E-state index >= 15 is 0 Å². The lowest BCUT2D eigenvalue weighted by atomic mass is 9.86. The van der Waals surface area contributed by atoms with E-state index in [1.807, 2.05) is 24.3 Å². The highest BCUT2D eigenvalue weighted by molar-refractivity contribution is 6.31. The molecule has 0 saturated carbocycles. The minimum absolute atomic E-state index is 0.148. The molecule has 2 fully saturated rings. The van der Waals surface area contributed by atoms with Crippen molar-refractivity contribution in [1.82, 2.24) is 14.7 Å². The van der Waals surface area contributed by atoms with E-state index in [1.165, 1.54) is 11.1 Å². The fourth-order valence-electron chi connectivity index (χ4n) is 7.05. The smallest absolute Gasteiger partial charge is 0.222 e. The zero-order valence-corrected chi connectivity index (χ0v) is 24.5. The first-order valence-electron chi connectivity index (χ1n) is 15.1. The predicted molar refractivity (Wildman–Crippen MR) is 164 cm³/mol. The second-order valence-electron chi connectivity index (χ2n) is 11.8. The van der Waals surface area contributed by atoms with E-state index in [1.54, 1.807) is 12.1 Å². The molecule has 0 N–H and O–H groups in total. The molecule has 0 radical (unpaired) electrons. The summed E-state index contributed by atoms with van der Waals surface area (Å²) < 4.78 is 14.4. The summed E-state index contributed by atoms with van der Waals surface area (Å²) in [6.45, 7) is 7.80. The minimum Gasteiger partial charge on any atom is -0.367 e. The number of rotatable bonds is 7. The van der Waals surface area contributed by atoms with Crippen LogP contribution in [0.15, 0.2) is 72.8 Å². The van der Waals surface area contributed by atoms with Crippen LogP contribution in [0.3, 0.4) is 0 Å². The van der Waals surface area contributed by atoms with Gasteiger partial charge in [-0.05, 0) is 66.6 Å². The molecule has 0 aromatic heterocycles. The summed E-state index contributed by atoms with van der Waals surface area (Å²) >= 11 is 6.51. The third-order valence-electron chi connectivity index (χ3n) is 9.32. The second kappa shape index (κ2) is 12.9. The van der Waals surface area contributed by atoms with Crippen LogP contribution in [0.1, 0.15) is 36.0 Å². The Morgan fingerprint density at radius 1 is 0.854 bits per heavy atom. The monoisotopic (exact) mass is 574 g/mol. The first-order valence-corrected chi connectivity index (χ1v) is 15.5. The number of amides is 1. The van der Waals surface area contributed by atoms with Gasteiger partial charge in [0.05, 0.1) is 5.69 Å². The molecule has 1 amide bonds. The Labute approximate surface area is 248 Å². The van der Waals surface area contributed by atoms with Crippen LogP contribution >= 0.6 is 11.6 Å². The van der Waals surface area contributed by atoms with Crippen molar-refractivity contribution in [2.24, 2.45) is 5.92 Å². The van der Waals surface area contributed by atoms with Gasteiger partial charge in [-0.3, -0.25) is 14.6 Å². The number of hydrogen-bond acceptors (Lipinski definition) is 4. The van der Waals surface area contributed by atoms with Crippen molar-refractivity contribution in [3.8, 4) is 0 Å². The lowest BCUT2D eigenvalue weighted by molar-refractivity contribution is -0.132. The number of likely N-dealkylation sites (tertiary alicyclic amines) is 1. The topological polar surface area (TPSA) is 30.0 Å². The van der Waals surface area contributed by atoms with Gasteiger partial charge in [0.1, 0.15) is 5.82 Å². The summed E-state index contributed by atoms with van der Waals surface area (Å²) in [7, 11) is 0. The number of carbonyl (C=O) groups is 1. The highest BCUT2D eigenvalue weighted by atomic mass is 35.5. The van der Waals surface area contributed by atoms with Gasteiger partial charge in [0, 0.05) is 69.8 Å². The van der Waals surface area contributed by atoms with Gasteiger partial charge in [-0.15, -0.1) is 0 Å². The maximum atomic E-state index is 14.4. The third-order valence-corrected chi connectivity index (χ3v) is 9.69. The second-order valence-corrected chi connectivity index (χ2v) is 12.2. The number of halogens is 2. The summed E-state index contributed by atoms with van der Waals surface area (Å²) in [5.41, 5.74) is 4.51. The van der Waals surface area contributed by atoms with Gasteiger partial charge in [-0.2, -0.15) is 0 Å². The number of anilines is 1. The summed E-state index contributed by atoms with van der Waals surface area (Å²) in [6, 6.07) is 24.1. The van der Waals surface area contributed by atoms with Crippen molar-refractivity contribution in [3.63, 3.8) is 0 Å². The Morgan fingerprint density at radius 2 is 1.59 bits per heavy atom. The third kappa shape index (κ3) is 6.61. The molecule has 6 rings (SSSR count). The predicted octanol–water partition coefficient (Wildman–Crippen LogP) is 5.86. The maximum absolute atomic E-state index is 14.4. The van der Waals surface area contributed by atoms with E-state index in [0.29, 0.717) is 24.1 Å². The molecule has 216 valence electrons. The number of piperidine rings is 1.